The number of aromatic nitrogens is 1. The van der Waals surface area contributed by atoms with Crippen LogP contribution in [-0.2, 0) is 11.2 Å². The van der Waals surface area contributed by atoms with E-state index in [2.05, 4.69) is 17.2 Å². The van der Waals surface area contributed by atoms with Gasteiger partial charge >= 0.3 is 0 Å². The number of hydrogen-bond donors (Lipinski definition) is 1. The van der Waals surface area contributed by atoms with Gasteiger partial charge in [0.2, 0.25) is 5.91 Å². The van der Waals surface area contributed by atoms with Gasteiger partial charge in [0.05, 0.1) is 6.07 Å². The van der Waals surface area contributed by atoms with Gasteiger partial charge in [-0.15, -0.1) is 0 Å². The minimum atomic E-state index is -0.325. The number of oxazole rings is 1. The van der Waals surface area contributed by atoms with E-state index in [-0.39, 0.29) is 12.3 Å². The molecule has 0 saturated heterocycles. The van der Waals surface area contributed by atoms with Crippen molar-refractivity contribution in [2.24, 2.45) is 0 Å². The van der Waals surface area contributed by atoms with E-state index in [1.807, 2.05) is 0 Å². The van der Waals surface area contributed by atoms with E-state index in [0.29, 0.717) is 22.7 Å². The van der Waals surface area contributed by atoms with Gasteiger partial charge in [-0.1, -0.05) is 6.92 Å². The highest BCUT2D eigenvalue weighted by molar-refractivity contribution is 5.93. The first-order valence-corrected chi connectivity index (χ1v) is 5.79. The Balaban J connectivity index is 2.21. The fourth-order valence-electron chi connectivity index (χ4n) is 1.65. The Labute approximate surface area is 104 Å². The Kier molecular flexibility index (Phi) is 3.58. The molecule has 1 N–H and O–H groups in total. The van der Waals surface area contributed by atoms with Crippen molar-refractivity contribution in [1.82, 2.24) is 4.98 Å². The van der Waals surface area contributed by atoms with Crippen molar-refractivity contribution in [2.45, 2.75) is 26.2 Å². The molecule has 1 aromatic carbocycles. The number of fused-ring (bicyclic) bond motifs is 1. The first kappa shape index (κ1) is 12.1. The molecule has 1 amide bonds. The fourth-order valence-corrected chi connectivity index (χ4v) is 1.65. The number of nitrogens with one attached hydrogen (secondary N) is 1. The maximum Gasteiger partial charge on any atom is 0.238 e. The predicted molar refractivity (Wildman–Crippen MR) is 66.9 cm³/mol. The van der Waals surface area contributed by atoms with Crippen molar-refractivity contribution < 1.29 is 9.21 Å². The van der Waals surface area contributed by atoms with Crippen molar-refractivity contribution >= 4 is 22.7 Å². The summed E-state index contributed by atoms with van der Waals surface area (Å²) in [5.74, 6) is 0.377. The van der Waals surface area contributed by atoms with Gasteiger partial charge in [-0.05, 0) is 24.6 Å². The second-order valence-corrected chi connectivity index (χ2v) is 3.92. The fraction of sp³-hybridized carbons (Fsp3) is 0.308. The van der Waals surface area contributed by atoms with Crippen molar-refractivity contribution in [3.05, 3.63) is 24.1 Å². The number of nitrogens with zero attached hydrogens (tertiary/aromatic N) is 2. The van der Waals surface area contributed by atoms with Crippen molar-refractivity contribution in [3.63, 3.8) is 0 Å². The normalized spacial score (nSPS) is 10.2. The standard InChI is InChI=1S/C13H13N3O2/c1-2-3-13-16-10-8-9(4-5-11(10)18-13)15-12(17)6-7-14/h4-5,8H,2-3,6H2,1H3,(H,15,17). The highest BCUT2D eigenvalue weighted by Crippen LogP contribution is 2.20. The molecule has 0 aliphatic carbocycles. The van der Waals surface area contributed by atoms with Crippen LogP contribution in [0.1, 0.15) is 25.7 Å². The summed E-state index contributed by atoms with van der Waals surface area (Å²) in [6.45, 7) is 2.06. The van der Waals surface area contributed by atoms with E-state index in [1.165, 1.54) is 0 Å². The first-order valence-electron chi connectivity index (χ1n) is 5.79. The zero-order chi connectivity index (χ0) is 13.0. The van der Waals surface area contributed by atoms with Crippen LogP contribution in [-0.4, -0.2) is 10.9 Å². The summed E-state index contributed by atoms with van der Waals surface area (Å²) in [5.41, 5.74) is 2.05. The molecule has 1 heterocycles. The average Bonchev–Trinajstić information content (AvgIpc) is 2.71. The van der Waals surface area contributed by atoms with Gasteiger partial charge in [0, 0.05) is 12.1 Å². The number of rotatable bonds is 4. The monoisotopic (exact) mass is 243 g/mol. The molecule has 1 aromatic heterocycles. The van der Waals surface area contributed by atoms with E-state index < -0.39 is 0 Å². The Morgan fingerprint density at radius 3 is 3.11 bits per heavy atom. The molecule has 92 valence electrons. The molecule has 5 nitrogen and oxygen atoms in total. The van der Waals surface area contributed by atoms with Crippen LogP contribution in [0.4, 0.5) is 5.69 Å². The number of benzene rings is 1. The molecule has 0 fully saturated rings. The summed E-state index contributed by atoms with van der Waals surface area (Å²) in [6, 6.07) is 7.04. The molecular formula is C13H13N3O2. The molecule has 18 heavy (non-hydrogen) atoms. The molecule has 0 aliphatic heterocycles. The van der Waals surface area contributed by atoms with Gasteiger partial charge < -0.3 is 9.73 Å². The third kappa shape index (κ3) is 2.66. The number of carbonyl (C=O) groups is 1. The summed E-state index contributed by atoms with van der Waals surface area (Å²) >= 11 is 0. The second-order valence-electron chi connectivity index (χ2n) is 3.92. The van der Waals surface area contributed by atoms with E-state index in [4.69, 9.17) is 9.68 Å². The van der Waals surface area contributed by atoms with E-state index >= 15 is 0 Å². The van der Waals surface area contributed by atoms with Gasteiger partial charge in [-0.25, -0.2) is 4.98 Å². The summed E-state index contributed by atoms with van der Waals surface area (Å²) in [4.78, 5) is 15.6. The molecule has 0 aliphatic rings. The van der Waals surface area contributed by atoms with Crippen LogP contribution in [0.5, 0.6) is 0 Å². The Morgan fingerprint density at radius 2 is 2.39 bits per heavy atom. The SMILES string of the molecule is CCCc1nc2cc(NC(=O)CC#N)ccc2o1. The van der Waals surface area contributed by atoms with Crippen LogP contribution >= 0.6 is 0 Å². The quantitative estimate of drug-likeness (QED) is 0.895. The smallest absolute Gasteiger partial charge is 0.238 e. The van der Waals surface area contributed by atoms with Crippen LogP contribution in [0.3, 0.4) is 0 Å². The number of aryl methyl sites for hydroxylation is 1. The Bertz CT molecular complexity index is 610. The summed E-state index contributed by atoms with van der Waals surface area (Å²) in [7, 11) is 0. The zero-order valence-corrected chi connectivity index (χ0v) is 10.1. The van der Waals surface area contributed by atoms with Crippen LogP contribution in [0.15, 0.2) is 22.6 Å². The summed E-state index contributed by atoms with van der Waals surface area (Å²) in [6.07, 6.45) is 1.61. The van der Waals surface area contributed by atoms with E-state index in [0.717, 1.165) is 12.8 Å². The molecule has 0 radical (unpaired) electrons. The largest absolute Gasteiger partial charge is 0.441 e. The number of nitriles is 1. The molecule has 0 unspecified atom stereocenters. The maximum absolute atomic E-state index is 11.3. The lowest BCUT2D eigenvalue weighted by atomic mass is 10.3. The number of amides is 1. The third-order valence-corrected chi connectivity index (χ3v) is 2.42. The van der Waals surface area contributed by atoms with E-state index in [1.54, 1.807) is 24.3 Å². The lowest BCUT2D eigenvalue weighted by Gasteiger charge is -2.00. The molecule has 2 aromatic rings. The second kappa shape index (κ2) is 5.32. The van der Waals surface area contributed by atoms with Gasteiger partial charge in [0.15, 0.2) is 11.5 Å². The van der Waals surface area contributed by atoms with Gasteiger partial charge in [-0.2, -0.15) is 5.26 Å². The van der Waals surface area contributed by atoms with Crippen molar-refractivity contribution in [3.8, 4) is 6.07 Å². The number of hydrogen-bond acceptors (Lipinski definition) is 4. The van der Waals surface area contributed by atoms with E-state index in [9.17, 15) is 4.79 Å². The highest BCUT2D eigenvalue weighted by Gasteiger charge is 2.07. The zero-order valence-electron chi connectivity index (χ0n) is 10.1. The number of anilines is 1. The van der Waals surface area contributed by atoms with Gasteiger partial charge in [-0.3, -0.25) is 4.79 Å². The lowest BCUT2D eigenvalue weighted by molar-refractivity contribution is -0.115. The molecule has 0 saturated carbocycles. The van der Waals surface area contributed by atoms with Crippen LogP contribution in [0.2, 0.25) is 0 Å². The van der Waals surface area contributed by atoms with Crippen LogP contribution < -0.4 is 5.32 Å². The average molecular weight is 243 g/mol. The van der Waals surface area contributed by atoms with Crippen molar-refractivity contribution in [2.75, 3.05) is 5.32 Å². The molecule has 0 bridgehead atoms. The molecule has 0 spiro atoms. The molecule has 2 rings (SSSR count). The lowest BCUT2D eigenvalue weighted by Crippen LogP contribution is -2.09. The first-order chi connectivity index (χ1) is 8.72. The third-order valence-electron chi connectivity index (χ3n) is 2.42. The topological polar surface area (TPSA) is 78.9 Å². The van der Waals surface area contributed by atoms with Crippen LogP contribution in [0, 0.1) is 11.3 Å². The Morgan fingerprint density at radius 1 is 1.56 bits per heavy atom. The summed E-state index contributed by atoms with van der Waals surface area (Å²) < 4.78 is 5.54. The van der Waals surface area contributed by atoms with Gasteiger partial charge in [0.1, 0.15) is 11.9 Å². The molecule has 0 atom stereocenters. The summed E-state index contributed by atoms with van der Waals surface area (Å²) in [5, 5.41) is 11.0. The molecular weight excluding hydrogens is 230 g/mol. The minimum Gasteiger partial charge on any atom is -0.441 e. The van der Waals surface area contributed by atoms with Crippen molar-refractivity contribution in [1.29, 1.82) is 5.26 Å². The Hall–Kier alpha value is -2.35. The minimum absolute atomic E-state index is 0.155. The van der Waals surface area contributed by atoms with Crippen LogP contribution in [0.25, 0.3) is 11.1 Å². The maximum atomic E-state index is 11.3. The van der Waals surface area contributed by atoms with Gasteiger partial charge in [0.25, 0.3) is 0 Å². The molecule has 5 heteroatoms. The number of carbonyl (C=O) groups excluding carboxylic acids is 1. The highest BCUT2D eigenvalue weighted by atomic mass is 16.3. The predicted octanol–water partition coefficient (Wildman–Crippen LogP) is 2.63.